The molecular formula is C23H30N2O3. The number of ether oxygens (including phenoxy) is 1. The number of ketones is 1. The Labute approximate surface area is 167 Å². The Kier molecular flexibility index (Phi) is 6.70. The molecule has 0 amide bonds. The first-order valence-electron chi connectivity index (χ1n) is 9.89. The Morgan fingerprint density at radius 3 is 2.50 bits per heavy atom. The molecule has 3 rings (SSSR count). The van der Waals surface area contributed by atoms with E-state index in [2.05, 4.69) is 41.0 Å². The number of benzene rings is 2. The van der Waals surface area contributed by atoms with Gasteiger partial charge in [-0.1, -0.05) is 29.8 Å². The summed E-state index contributed by atoms with van der Waals surface area (Å²) in [6, 6.07) is 14.0. The summed E-state index contributed by atoms with van der Waals surface area (Å²) in [6.07, 6.45) is -0.592. The zero-order chi connectivity index (χ0) is 20.1. The molecule has 1 heterocycles. The molecule has 28 heavy (non-hydrogen) atoms. The number of hydrogen-bond acceptors (Lipinski definition) is 5. The molecule has 2 aromatic rings. The van der Waals surface area contributed by atoms with Crippen LogP contribution in [0.15, 0.2) is 42.5 Å². The molecule has 2 aromatic carbocycles. The van der Waals surface area contributed by atoms with Crippen molar-refractivity contribution in [2.75, 3.05) is 44.2 Å². The number of para-hydroxylation sites is 1. The van der Waals surface area contributed by atoms with E-state index in [-0.39, 0.29) is 12.4 Å². The van der Waals surface area contributed by atoms with Crippen molar-refractivity contribution < 1.29 is 14.6 Å². The molecule has 0 aromatic heterocycles. The SMILES string of the molecule is CC(=O)c1cc(C)ccc1OC[C@H](O)CN1CCN(c2ccccc2C)CC1. The lowest BCUT2D eigenvalue weighted by Crippen LogP contribution is -2.49. The van der Waals surface area contributed by atoms with Crippen molar-refractivity contribution in [3.05, 3.63) is 59.2 Å². The van der Waals surface area contributed by atoms with Crippen molar-refractivity contribution in [3.8, 4) is 5.75 Å². The van der Waals surface area contributed by atoms with Gasteiger partial charge in [0.15, 0.2) is 5.78 Å². The largest absolute Gasteiger partial charge is 0.490 e. The van der Waals surface area contributed by atoms with E-state index in [9.17, 15) is 9.90 Å². The maximum Gasteiger partial charge on any atom is 0.163 e. The van der Waals surface area contributed by atoms with Crippen LogP contribution < -0.4 is 9.64 Å². The fourth-order valence-corrected chi connectivity index (χ4v) is 3.67. The van der Waals surface area contributed by atoms with Gasteiger partial charge in [0.05, 0.1) is 5.56 Å². The molecule has 0 spiro atoms. The van der Waals surface area contributed by atoms with Gasteiger partial charge in [-0.05, 0) is 44.5 Å². The highest BCUT2D eigenvalue weighted by atomic mass is 16.5. The van der Waals surface area contributed by atoms with E-state index in [0.717, 1.165) is 31.7 Å². The Morgan fingerprint density at radius 2 is 1.82 bits per heavy atom. The van der Waals surface area contributed by atoms with E-state index in [1.165, 1.54) is 18.2 Å². The number of hydrogen-bond donors (Lipinski definition) is 1. The number of carbonyl (C=O) groups is 1. The van der Waals surface area contributed by atoms with Crippen LogP contribution in [0.5, 0.6) is 5.75 Å². The van der Waals surface area contributed by atoms with E-state index in [1.54, 1.807) is 6.07 Å². The minimum Gasteiger partial charge on any atom is -0.490 e. The van der Waals surface area contributed by atoms with Gasteiger partial charge in [-0.3, -0.25) is 9.69 Å². The Bertz CT molecular complexity index is 813. The summed E-state index contributed by atoms with van der Waals surface area (Å²) < 4.78 is 5.76. The van der Waals surface area contributed by atoms with Crippen molar-refractivity contribution in [1.29, 1.82) is 0 Å². The van der Waals surface area contributed by atoms with Crippen LogP contribution in [-0.4, -0.2) is 61.2 Å². The number of piperazine rings is 1. The van der Waals surface area contributed by atoms with Gasteiger partial charge in [0.25, 0.3) is 0 Å². The topological polar surface area (TPSA) is 53.0 Å². The smallest absolute Gasteiger partial charge is 0.163 e. The minimum absolute atomic E-state index is 0.0273. The van der Waals surface area contributed by atoms with Crippen LogP contribution in [-0.2, 0) is 0 Å². The predicted octanol–water partition coefficient (Wildman–Crippen LogP) is 3.07. The molecule has 1 atom stereocenters. The van der Waals surface area contributed by atoms with Crippen LogP contribution in [0.2, 0.25) is 0 Å². The molecule has 0 unspecified atom stereocenters. The molecule has 0 aliphatic carbocycles. The van der Waals surface area contributed by atoms with Gasteiger partial charge in [-0.15, -0.1) is 0 Å². The summed E-state index contributed by atoms with van der Waals surface area (Å²) in [5.74, 6) is 0.516. The molecule has 5 heteroatoms. The molecule has 1 aliphatic rings. The summed E-state index contributed by atoms with van der Waals surface area (Å²) in [7, 11) is 0. The van der Waals surface area contributed by atoms with E-state index in [4.69, 9.17) is 4.74 Å². The predicted molar refractivity (Wildman–Crippen MR) is 113 cm³/mol. The van der Waals surface area contributed by atoms with Gasteiger partial charge in [0, 0.05) is 38.4 Å². The number of carbonyl (C=O) groups excluding carboxylic acids is 1. The first kappa shape index (κ1) is 20.4. The summed E-state index contributed by atoms with van der Waals surface area (Å²) in [4.78, 5) is 16.5. The second-order valence-corrected chi connectivity index (χ2v) is 7.59. The lowest BCUT2D eigenvalue weighted by molar-refractivity contribution is 0.0656. The second kappa shape index (κ2) is 9.22. The van der Waals surface area contributed by atoms with Crippen molar-refractivity contribution in [2.45, 2.75) is 26.9 Å². The van der Waals surface area contributed by atoms with Gasteiger partial charge >= 0.3 is 0 Å². The van der Waals surface area contributed by atoms with E-state index >= 15 is 0 Å². The summed E-state index contributed by atoms with van der Waals surface area (Å²) in [5.41, 5.74) is 4.18. The van der Waals surface area contributed by atoms with Gasteiger partial charge in [0.2, 0.25) is 0 Å². The van der Waals surface area contributed by atoms with Crippen molar-refractivity contribution >= 4 is 11.5 Å². The number of aliphatic hydroxyl groups is 1. The zero-order valence-corrected chi connectivity index (χ0v) is 17.0. The number of aryl methyl sites for hydroxylation is 2. The second-order valence-electron chi connectivity index (χ2n) is 7.59. The minimum atomic E-state index is -0.592. The number of nitrogens with zero attached hydrogens (tertiary/aromatic N) is 2. The standard InChI is InChI=1S/C23H30N2O3/c1-17-8-9-23(21(14-17)19(3)26)28-16-20(27)15-24-10-12-25(13-11-24)22-7-5-4-6-18(22)2/h4-9,14,20,27H,10-13,15-16H2,1-3H3/t20-/m1/s1. The molecule has 1 N–H and O–H groups in total. The maximum absolute atomic E-state index is 11.8. The van der Waals surface area contributed by atoms with Crippen molar-refractivity contribution in [3.63, 3.8) is 0 Å². The third-order valence-electron chi connectivity index (χ3n) is 5.24. The lowest BCUT2D eigenvalue weighted by atomic mass is 10.1. The molecule has 0 bridgehead atoms. The van der Waals surface area contributed by atoms with Crippen LogP contribution in [0, 0.1) is 13.8 Å². The number of anilines is 1. The molecule has 1 saturated heterocycles. The lowest BCUT2D eigenvalue weighted by Gasteiger charge is -2.37. The molecule has 0 radical (unpaired) electrons. The van der Waals surface area contributed by atoms with Crippen molar-refractivity contribution in [1.82, 2.24) is 4.90 Å². The van der Waals surface area contributed by atoms with Crippen LogP contribution in [0.1, 0.15) is 28.4 Å². The number of Topliss-reactive ketones (excluding diaryl/α,β-unsaturated/α-hetero) is 1. The Morgan fingerprint density at radius 1 is 1.11 bits per heavy atom. The van der Waals surface area contributed by atoms with Crippen molar-refractivity contribution in [2.24, 2.45) is 0 Å². The summed E-state index contributed by atoms with van der Waals surface area (Å²) in [5, 5.41) is 10.4. The molecular weight excluding hydrogens is 352 g/mol. The fourth-order valence-electron chi connectivity index (χ4n) is 3.67. The van der Waals surface area contributed by atoms with E-state index < -0.39 is 6.10 Å². The van der Waals surface area contributed by atoms with Crippen LogP contribution >= 0.6 is 0 Å². The van der Waals surface area contributed by atoms with Gasteiger partial charge in [-0.2, -0.15) is 0 Å². The van der Waals surface area contributed by atoms with Gasteiger partial charge in [-0.25, -0.2) is 0 Å². The third kappa shape index (κ3) is 5.12. The number of β-amino-alcohol motifs (C(OH)–C–C–N with tert-alkyl or cyclic N) is 1. The summed E-state index contributed by atoms with van der Waals surface area (Å²) in [6.45, 7) is 10.1. The third-order valence-corrected chi connectivity index (χ3v) is 5.24. The van der Waals surface area contributed by atoms with Crippen LogP contribution in [0.25, 0.3) is 0 Å². The van der Waals surface area contributed by atoms with Gasteiger partial charge < -0.3 is 14.7 Å². The number of aliphatic hydroxyl groups excluding tert-OH is 1. The first-order chi connectivity index (χ1) is 13.4. The molecule has 1 fully saturated rings. The molecule has 5 nitrogen and oxygen atoms in total. The maximum atomic E-state index is 11.8. The molecule has 0 saturated carbocycles. The monoisotopic (exact) mass is 382 g/mol. The van der Waals surface area contributed by atoms with Gasteiger partial charge in [0.1, 0.15) is 18.5 Å². The number of rotatable bonds is 7. The Balaban J connectivity index is 1.48. The van der Waals surface area contributed by atoms with E-state index in [0.29, 0.717) is 17.9 Å². The van der Waals surface area contributed by atoms with Crippen LogP contribution in [0.3, 0.4) is 0 Å². The fraction of sp³-hybridized carbons (Fsp3) is 0.435. The first-order valence-corrected chi connectivity index (χ1v) is 9.89. The zero-order valence-electron chi connectivity index (χ0n) is 17.0. The summed E-state index contributed by atoms with van der Waals surface area (Å²) >= 11 is 0. The highest BCUT2D eigenvalue weighted by molar-refractivity contribution is 5.97. The Hall–Kier alpha value is -2.37. The van der Waals surface area contributed by atoms with E-state index in [1.807, 2.05) is 19.1 Å². The normalized spacial score (nSPS) is 16.1. The average molecular weight is 383 g/mol. The van der Waals surface area contributed by atoms with Crippen LogP contribution in [0.4, 0.5) is 5.69 Å². The highest BCUT2D eigenvalue weighted by Crippen LogP contribution is 2.22. The molecule has 150 valence electrons. The quantitative estimate of drug-likeness (QED) is 0.746. The average Bonchev–Trinajstić information content (AvgIpc) is 2.68. The highest BCUT2D eigenvalue weighted by Gasteiger charge is 2.21. The molecule has 1 aliphatic heterocycles.